The fraction of sp³-hybridized carbons (Fsp3) is 0.619. The minimum atomic E-state index is -0.486. The third kappa shape index (κ3) is 6.27. The van der Waals surface area contributed by atoms with Gasteiger partial charge < -0.3 is 15.8 Å². The topological polar surface area (TPSA) is 64.3 Å². The molecule has 0 saturated carbocycles. The first-order chi connectivity index (χ1) is 12.4. The van der Waals surface area contributed by atoms with Crippen molar-refractivity contribution in [1.82, 2.24) is 5.32 Å². The number of methoxy groups -OCH3 is 1. The third-order valence-corrected chi connectivity index (χ3v) is 5.86. The number of esters is 1. The Bertz CT molecular complexity index is 568. The summed E-state index contributed by atoms with van der Waals surface area (Å²) >= 11 is 5.78. The first-order valence-corrected chi connectivity index (χ1v) is 10.1. The van der Waals surface area contributed by atoms with Gasteiger partial charge in [-0.15, -0.1) is 0 Å². The summed E-state index contributed by atoms with van der Waals surface area (Å²) in [5, 5.41) is 3.33. The SMILES string of the molecule is CCCCCC(CC)(CC)C(=S)NC(Cc1ccc(N)cc1)C(=O)OC. The number of nitrogens with two attached hydrogens (primary N) is 1. The summed E-state index contributed by atoms with van der Waals surface area (Å²) in [7, 11) is 1.41. The fourth-order valence-corrected chi connectivity index (χ4v) is 3.82. The second-order valence-corrected chi connectivity index (χ2v) is 7.35. The van der Waals surface area contributed by atoms with Crippen LogP contribution in [-0.2, 0) is 16.0 Å². The Balaban J connectivity index is 2.91. The average Bonchev–Trinajstić information content (AvgIpc) is 2.66. The van der Waals surface area contributed by atoms with Crippen molar-refractivity contribution in [2.45, 2.75) is 71.8 Å². The Kier molecular flexibility index (Phi) is 9.63. The standard InChI is InChI=1S/C21H34N2O2S/c1-5-8-9-14-21(6-2,7-3)20(26)23-18(19(24)25-4)15-16-10-12-17(22)13-11-16/h10-13,18H,5-9,14-15,22H2,1-4H3,(H,23,26). The quantitative estimate of drug-likeness (QED) is 0.254. The molecule has 4 nitrogen and oxygen atoms in total. The second kappa shape index (κ2) is 11.2. The van der Waals surface area contributed by atoms with Gasteiger partial charge in [-0.1, -0.05) is 64.4 Å². The van der Waals surface area contributed by atoms with Gasteiger partial charge in [0.25, 0.3) is 0 Å². The molecule has 1 unspecified atom stereocenters. The van der Waals surface area contributed by atoms with Crippen LogP contribution in [-0.4, -0.2) is 24.1 Å². The summed E-state index contributed by atoms with van der Waals surface area (Å²) in [5.74, 6) is -0.293. The first-order valence-electron chi connectivity index (χ1n) is 9.65. The van der Waals surface area contributed by atoms with Gasteiger partial charge in [-0.05, 0) is 37.0 Å². The van der Waals surface area contributed by atoms with Gasteiger partial charge in [-0.3, -0.25) is 0 Å². The summed E-state index contributed by atoms with van der Waals surface area (Å²) in [6.45, 7) is 6.56. The Morgan fingerprint density at radius 1 is 1.19 bits per heavy atom. The van der Waals surface area contributed by atoms with Crippen molar-refractivity contribution in [3.8, 4) is 0 Å². The number of benzene rings is 1. The molecule has 3 N–H and O–H groups in total. The summed E-state index contributed by atoms with van der Waals surface area (Å²) < 4.78 is 5.00. The largest absolute Gasteiger partial charge is 0.467 e. The van der Waals surface area contributed by atoms with Crippen molar-refractivity contribution >= 4 is 28.9 Å². The van der Waals surface area contributed by atoms with Crippen LogP contribution < -0.4 is 11.1 Å². The van der Waals surface area contributed by atoms with E-state index in [1.54, 1.807) is 0 Å². The maximum Gasteiger partial charge on any atom is 0.328 e. The van der Waals surface area contributed by atoms with Gasteiger partial charge in [-0.2, -0.15) is 0 Å². The molecular weight excluding hydrogens is 344 g/mol. The number of carbonyl (C=O) groups is 1. The van der Waals surface area contributed by atoms with Crippen LogP contribution in [0.3, 0.4) is 0 Å². The predicted molar refractivity (Wildman–Crippen MR) is 113 cm³/mol. The number of rotatable bonds is 11. The number of nitrogens with one attached hydrogen (secondary N) is 1. The average molecular weight is 379 g/mol. The summed E-state index contributed by atoms with van der Waals surface area (Å²) in [4.78, 5) is 13.1. The molecule has 0 radical (unpaired) electrons. The molecule has 0 spiro atoms. The third-order valence-electron chi connectivity index (χ3n) is 5.30. The van der Waals surface area contributed by atoms with Crippen LogP contribution in [0.5, 0.6) is 0 Å². The molecule has 0 aromatic heterocycles. The molecule has 0 aliphatic heterocycles. The molecule has 0 bridgehead atoms. The van der Waals surface area contributed by atoms with Crippen LogP contribution in [0.25, 0.3) is 0 Å². The van der Waals surface area contributed by atoms with E-state index in [1.165, 1.54) is 20.0 Å². The van der Waals surface area contributed by atoms with Crippen LogP contribution in [0.2, 0.25) is 0 Å². The zero-order chi connectivity index (χ0) is 19.6. The monoisotopic (exact) mass is 378 g/mol. The lowest BCUT2D eigenvalue weighted by molar-refractivity contribution is -0.142. The van der Waals surface area contributed by atoms with E-state index >= 15 is 0 Å². The van der Waals surface area contributed by atoms with E-state index in [2.05, 4.69) is 26.1 Å². The number of thiocarbonyl (C=S) groups is 1. The van der Waals surface area contributed by atoms with Gasteiger partial charge in [0.05, 0.1) is 12.1 Å². The summed E-state index contributed by atoms with van der Waals surface area (Å²) in [6.07, 6.45) is 7.05. The molecule has 1 rings (SSSR count). The minimum absolute atomic E-state index is 0.0576. The first kappa shape index (κ1) is 22.4. The Morgan fingerprint density at radius 2 is 1.81 bits per heavy atom. The molecular formula is C21H34N2O2S. The minimum Gasteiger partial charge on any atom is -0.467 e. The maximum absolute atomic E-state index is 12.3. The fourth-order valence-electron chi connectivity index (χ4n) is 3.29. The van der Waals surface area contributed by atoms with E-state index in [0.29, 0.717) is 12.1 Å². The molecule has 26 heavy (non-hydrogen) atoms. The van der Waals surface area contributed by atoms with Gasteiger partial charge in [-0.25, -0.2) is 4.79 Å². The summed E-state index contributed by atoms with van der Waals surface area (Å²) in [5.41, 5.74) is 7.42. The van der Waals surface area contributed by atoms with E-state index in [9.17, 15) is 4.79 Å². The highest BCUT2D eigenvalue weighted by Gasteiger charge is 2.33. The number of nitrogen functional groups attached to an aromatic ring is 1. The van der Waals surface area contributed by atoms with Crippen LogP contribution in [0, 0.1) is 5.41 Å². The lowest BCUT2D eigenvalue weighted by atomic mass is 9.77. The van der Waals surface area contributed by atoms with E-state index in [-0.39, 0.29) is 11.4 Å². The molecule has 1 aromatic carbocycles. The van der Waals surface area contributed by atoms with Crippen molar-refractivity contribution in [3.63, 3.8) is 0 Å². The Hall–Kier alpha value is -1.62. The number of anilines is 1. The molecule has 1 aromatic rings. The van der Waals surface area contributed by atoms with Crippen LogP contribution in [0.4, 0.5) is 5.69 Å². The highest BCUT2D eigenvalue weighted by molar-refractivity contribution is 7.80. The van der Waals surface area contributed by atoms with E-state index in [0.717, 1.165) is 36.2 Å². The van der Waals surface area contributed by atoms with Gasteiger partial charge in [0.15, 0.2) is 0 Å². The van der Waals surface area contributed by atoms with Crippen molar-refractivity contribution in [2.75, 3.05) is 12.8 Å². The number of unbranched alkanes of at least 4 members (excludes halogenated alkanes) is 2. The molecule has 0 aliphatic rings. The molecule has 0 amide bonds. The molecule has 0 fully saturated rings. The van der Waals surface area contributed by atoms with E-state index < -0.39 is 6.04 Å². The number of carbonyl (C=O) groups excluding carboxylic acids is 1. The zero-order valence-electron chi connectivity index (χ0n) is 16.6. The van der Waals surface area contributed by atoms with Gasteiger partial charge in [0.2, 0.25) is 0 Å². The lowest BCUT2D eigenvalue weighted by Gasteiger charge is -2.35. The van der Waals surface area contributed by atoms with Gasteiger partial charge in [0.1, 0.15) is 6.04 Å². The second-order valence-electron chi connectivity index (χ2n) is 6.94. The molecule has 0 aliphatic carbocycles. The molecule has 146 valence electrons. The number of hydrogen-bond acceptors (Lipinski definition) is 4. The van der Waals surface area contributed by atoms with Crippen molar-refractivity contribution in [3.05, 3.63) is 29.8 Å². The molecule has 1 atom stereocenters. The Labute approximate surface area is 163 Å². The van der Waals surface area contributed by atoms with Crippen molar-refractivity contribution < 1.29 is 9.53 Å². The summed E-state index contributed by atoms with van der Waals surface area (Å²) in [6, 6.07) is 7.07. The van der Waals surface area contributed by atoms with E-state index in [4.69, 9.17) is 22.7 Å². The predicted octanol–water partition coefficient (Wildman–Crippen LogP) is 4.66. The van der Waals surface area contributed by atoms with Crippen LogP contribution in [0.1, 0.15) is 64.9 Å². The van der Waals surface area contributed by atoms with Crippen LogP contribution in [0.15, 0.2) is 24.3 Å². The molecule has 5 heteroatoms. The lowest BCUT2D eigenvalue weighted by Crippen LogP contribution is -2.48. The van der Waals surface area contributed by atoms with E-state index in [1.807, 2.05) is 24.3 Å². The smallest absolute Gasteiger partial charge is 0.328 e. The molecule has 0 saturated heterocycles. The normalized spacial score (nSPS) is 12.5. The zero-order valence-corrected chi connectivity index (χ0v) is 17.5. The van der Waals surface area contributed by atoms with Gasteiger partial charge >= 0.3 is 5.97 Å². The maximum atomic E-state index is 12.3. The van der Waals surface area contributed by atoms with Gasteiger partial charge in [0, 0.05) is 17.5 Å². The Morgan fingerprint density at radius 3 is 2.31 bits per heavy atom. The van der Waals surface area contributed by atoms with Crippen molar-refractivity contribution in [1.29, 1.82) is 0 Å². The highest BCUT2D eigenvalue weighted by atomic mass is 32.1. The molecule has 0 heterocycles. The number of hydrogen-bond donors (Lipinski definition) is 2. The number of ether oxygens (including phenoxy) is 1. The van der Waals surface area contributed by atoms with Crippen LogP contribution >= 0.6 is 12.2 Å². The highest BCUT2D eigenvalue weighted by Crippen LogP contribution is 2.34. The van der Waals surface area contributed by atoms with Crippen molar-refractivity contribution in [2.24, 2.45) is 5.41 Å².